The molecule has 0 spiro atoms. The van der Waals surface area contributed by atoms with Gasteiger partial charge in [0.15, 0.2) is 5.16 Å². The first kappa shape index (κ1) is 18.4. The molecule has 0 atom stereocenters. The molecule has 7 heteroatoms. The molecule has 4 rings (SSSR count). The Morgan fingerprint density at radius 1 is 1.26 bits per heavy atom. The number of nitrogens with zero attached hydrogens (tertiary/aromatic N) is 2. The summed E-state index contributed by atoms with van der Waals surface area (Å²) < 4.78 is 29.4. The summed E-state index contributed by atoms with van der Waals surface area (Å²) in [7, 11) is 0. The summed E-state index contributed by atoms with van der Waals surface area (Å²) in [6, 6.07) is 3.81. The van der Waals surface area contributed by atoms with Crippen LogP contribution in [-0.2, 0) is 25.1 Å². The first-order chi connectivity index (χ1) is 13.1. The van der Waals surface area contributed by atoms with Crippen LogP contribution in [0.3, 0.4) is 0 Å². The third kappa shape index (κ3) is 3.34. The Balaban J connectivity index is 1.78. The second-order valence-corrected chi connectivity index (χ2v) is 8.50. The van der Waals surface area contributed by atoms with E-state index in [1.54, 1.807) is 22.0 Å². The predicted octanol–water partition coefficient (Wildman–Crippen LogP) is 5.09. The average Bonchev–Trinajstić information content (AvgIpc) is 3.02. The number of rotatable bonds is 5. The Hall–Kier alpha value is -1.99. The second-order valence-electron chi connectivity index (χ2n) is 6.48. The highest BCUT2D eigenvalue weighted by molar-refractivity contribution is 7.98. The molecule has 0 fully saturated rings. The summed E-state index contributed by atoms with van der Waals surface area (Å²) in [4.78, 5) is 19.8. The Labute approximate surface area is 163 Å². The molecule has 0 unspecified atom stereocenters. The molecule has 3 nitrogen and oxygen atoms in total. The van der Waals surface area contributed by atoms with Crippen molar-refractivity contribution in [3.63, 3.8) is 0 Å². The van der Waals surface area contributed by atoms with Gasteiger partial charge in [-0.25, -0.2) is 13.8 Å². The van der Waals surface area contributed by atoms with E-state index in [-0.39, 0.29) is 16.9 Å². The van der Waals surface area contributed by atoms with Gasteiger partial charge in [-0.3, -0.25) is 9.36 Å². The number of hydrogen-bond donors (Lipinski definition) is 0. The molecule has 0 saturated carbocycles. The number of allylic oxidation sites excluding steroid dienone is 1. The molecule has 1 aliphatic rings. The van der Waals surface area contributed by atoms with Gasteiger partial charge in [0.25, 0.3) is 5.56 Å². The first-order valence-corrected chi connectivity index (χ1v) is 10.6. The van der Waals surface area contributed by atoms with E-state index in [9.17, 15) is 13.6 Å². The fraction of sp³-hybridized carbons (Fsp3) is 0.300. The third-order valence-electron chi connectivity index (χ3n) is 4.76. The van der Waals surface area contributed by atoms with E-state index >= 15 is 0 Å². The van der Waals surface area contributed by atoms with Crippen LogP contribution in [0.25, 0.3) is 10.2 Å². The number of hydrogen-bond acceptors (Lipinski definition) is 4. The van der Waals surface area contributed by atoms with Crippen molar-refractivity contribution in [3.05, 3.63) is 68.8 Å². The van der Waals surface area contributed by atoms with Crippen molar-refractivity contribution >= 4 is 33.3 Å². The number of thioether (sulfide) groups is 1. The highest BCUT2D eigenvalue weighted by Gasteiger charge is 2.22. The maximum Gasteiger partial charge on any atom is 0.263 e. The van der Waals surface area contributed by atoms with E-state index in [2.05, 4.69) is 11.6 Å². The van der Waals surface area contributed by atoms with Gasteiger partial charge in [0.05, 0.1) is 5.39 Å². The van der Waals surface area contributed by atoms with E-state index in [4.69, 9.17) is 0 Å². The summed E-state index contributed by atoms with van der Waals surface area (Å²) in [5.41, 5.74) is 1.04. The second kappa shape index (κ2) is 7.56. The summed E-state index contributed by atoms with van der Waals surface area (Å²) in [6.07, 6.45) is 5.76. The summed E-state index contributed by atoms with van der Waals surface area (Å²) >= 11 is 2.75. The van der Waals surface area contributed by atoms with Gasteiger partial charge < -0.3 is 0 Å². The van der Waals surface area contributed by atoms with Crippen LogP contribution in [-0.4, -0.2) is 9.55 Å². The average molecular weight is 405 g/mol. The van der Waals surface area contributed by atoms with Gasteiger partial charge in [-0.1, -0.05) is 23.9 Å². The van der Waals surface area contributed by atoms with Crippen LogP contribution in [0.4, 0.5) is 8.78 Å². The van der Waals surface area contributed by atoms with Gasteiger partial charge >= 0.3 is 0 Å². The van der Waals surface area contributed by atoms with Crippen molar-refractivity contribution in [2.75, 3.05) is 0 Å². The number of thiophene rings is 1. The zero-order chi connectivity index (χ0) is 19.0. The zero-order valence-corrected chi connectivity index (χ0v) is 16.3. The molecule has 1 aromatic carbocycles. The lowest BCUT2D eigenvalue weighted by atomic mass is 9.97. The number of aryl methyl sites for hydroxylation is 2. The van der Waals surface area contributed by atoms with Crippen molar-refractivity contribution < 1.29 is 8.78 Å². The maximum absolute atomic E-state index is 13.9. The van der Waals surface area contributed by atoms with Gasteiger partial charge in [0, 0.05) is 22.7 Å². The molecule has 1 aliphatic carbocycles. The third-order valence-corrected chi connectivity index (χ3v) is 6.95. The number of fused-ring (bicyclic) bond motifs is 3. The lowest BCUT2D eigenvalue weighted by Gasteiger charge is -2.12. The lowest BCUT2D eigenvalue weighted by Crippen LogP contribution is -2.23. The van der Waals surface area contributed by atoms with Crippen LogP contribution in [0.5, 0.6) is 0 Å². The molecular formula is C20H18F2N2OS2. The Kier molecular flexibility index (Phi) is 5.14. The van der Waals surface area contributed by atoms with Gasteiger partial charge in [0.1, 0.15) is 16.5 Å². The molecule has 2 heterocycles. The van der Waals surface area contributed by atoms with Crippen LogP contribution in [0, 0.1) is 11.6 Å². The quantitative estimate of drug-likeness (QED) is 0.337. The molecule has 3 aromatic rings. The first-order valence-electron chi connectivity index (χ1n) is 8.81. The largest absolute Gasteiger partial charge is 0.283 e. The Morgan fingerprint density at radius 3 is 2.74 bits per heavy atom. The molecule has 0 saturated heterocycles. The van der Waals surface area contributed by atoms with Crippen molar-refractivity contribution in [3.8, 4) is 0 Å². The van der Waals surface area contributed by atoms with Crippen LogP contribution >= 0.6 is 23.1 Å². The molecule has 0 amide bonds. The lowest BCUT2D eigenvalue weighted by molar-refractivity contribution is 0.566. The monoisotopic (exact) mass is 404 g/mol. The van der Waals surface area contributed by atoms with Crippen molar-refractivity contribution in [1.82, 2.24) is 9.55 Å². The van der Waals surface area contributed by atoms with Crippen molar-refractivity contribution in [2.24, 2.45) is 0 Å². The van der Waals surface area contributed by atoms with Crippen LogP contribution in [0.2, 0.25) is 0 Å². The molecule has 140 valence electrons. The minimum atomic E-state index is -0.590. The fourth-order valence-corrected chi connectivity index (χ4v) is 5.75. The molecular weight excluding hydrogens is 386 g/mol. The molecule has 2 aromatic heterocycles. The Morgan fingerprint density at radius 2 is 2.00 bits per heavy atom. The van der Waals surface area contributed by atoms with Crippen LogP contribution < -0.4 is 5.56 Å². The SMILES string of the molecule is C=CCn1c(SCc2c(F)cccc2F)nc2sc3c(c2c1=O)CCCC3. The van der Waals surface area contributed by atoms with E-state index < -0.39 is 11.6 Å². The number of aromatic nitrogens is 2. The maximum atomic E-state index is 13.9. The fourth-order valence-electron chi connectivity index (χ4n) is 3.43. The standard InChI is InChI=1S/C20H18F2N2OS2/c1-2-10-24-19(25)17-12-6-3-4-9-16(12)27-18(17)23-20(24)26-11-13-14(21)7-5-8-15(13)22/h2,5,7-8H,1,3-4,6,9-11H2. The molecule has 0 aliphatic heterocycles. The minimum Gasteiger partial charge on any atom is -0.283 e. The normalized spacial score (nSPS) is 13.7. The molecule has 0 radical (unpaired) electrons. The number of benzene rings is 1. The summed E-state index contributed by atoms with van der Waals surface area (Å²) in [5.74, 6) is -1.11. The molecule has 0 N–H and O–H groups in total. The summed E-state index contributed by atoms with van der Waals surface area (Å²) in [6.45, 7) is 4.04. The summed E-state index contributed by atoms with van der Waals surface area (Å²) in [5, 5.41) is 1.17. The van der Waals surface area contributed by atoms with Crippen LogP contribution in [0.1, 0.15) is 28.8 Å². The van der Waals surface area contributed by atoms with E-state index in [0.717, 1.165) is 36.1 Å². The number of halogens is 2. The highest BCUT2D eigenvalue weighted by atomic mass is 32.2. The van der Waals surface area contributed by atoms with Crippen molar-refractivity contribution in [1.29, 1.82) is 0 Å². The van der Waals surface area contributed by atoms with Crippen molar-refractivity contribution in [2.45, 2.75) is 43.1 Å². The topological polar surface area (TPSA) is 34.9 Å². The van der Waals surface area contributed by atoms with Gasteiger partial charge in [-0.05, 0) is 43.4 Å². The van der Waals surface area contributed by atoms with Gasteiger partial charge in [-0.2, -0.15) is 0 Å². The van der Waals surface area contributed by atoms with Crippen LogP contribution in [0.15, 0.2) is 40.8 Å². The molecule has 27 heavy (non-hydrogen) atoms. The van der Waals surface area contributed by atoms with E-state index in [1.807, 2.05) is 0 Å². The highest BCUT2D eigenvalue weighted by Crippen LogP contribution is 2.35. The van der Waals surface area contributed by atoms with Gasteiger partial charge in [0.2, 0.25) is 0 Å². The van der Waals surface area contributed by atoms with E-state index in [1.165, 1.54) is 34.8 Å². The molecule has 0 bridgehead atoms. The minimum absolute atomic E-state index is 0.00697. The Bertz CT molecular complexity index is 1070. The van der Waals surface area contributed by atoms with E-state index in [0.29, 0.717) is 17.1 Å². The van der Waals surface area contributed by atoms with Gasteiger partial charge in [-0.15, -0.1) is 17.9 Å². The smallest absolute Gasteiger partial charge is 0.263 e. The predicted molar refractivity (Wildman–Crippen MR) is 107 cm³/mol. The zero-order valence-electron chi connectivity index (χ0n) is 14.6.